The number of aromatic nitrogens is 3. The Kier molecular flexibility index (Phi) is 6.32. The lowest BCUT2D eigenvalue weighted by atomic mass is 9.89. The van der Waals surface area contributed by atoms with Gasteiger partial charge in [0.05, 0.1) is 6.20 Å². The summed E-state index contributed by atoms with van der Waals surface area (Å²) < 4.78 is 28.4. The first kappa shape index (κ1) is 24.4. The summed E-state index contributed by atoms with van der Waals surface area (Å²) in [6.45, 7) is 4.72. The number of piperidine rings is 1. The topological polar surface area (TPSA) is 99.8 Å². The van der Waals surface area contributed by atoms with Gasteiger partial charge in [0.25, 0.3) is 5.91 Å². The Bertz CT molecular complexity index is 1530. The number of carbonyl (C=O) groups is 2. The molecule has 1 fully saturated rings. The molecule has 0 saturated carbocycles. The fraction of sp³-hybridized carbons (Fsp3) is 0.259. The van der Waals surface area contributed by atoms with Crippen LogP contribution < -0.4 is 5.32 Å². The Morgan fingerprint density at radius 3 is 2.46 bits per heavy atom. The second kappa shape index (κ2) is 9.61. The maximum Gasteiger partial charge on any atom is 0.341 e. The molecule has 0 radical (unpaired) electrons. The number of aryl methyl sites for hydroxylation is 2. The zero-order valence-electron chi connectivity index (χ0n) is 20.3. The number of amides is 1. The summed E-state index contributed by atoms with van der Waals surface area (Å²) in [5.41, 5.74) is 3.71. The zero-order chi connectivity index (χ0) is 26.3. The number of halogens is 2. The molecule has 190 valence electrons. The molecule has 4 aromatic rings. The molecule has 0 unspecified atom stereocenters. The van der Waals surface area contributed by atoms with Gasteiger partial charge >= 0.3 is 5.97 Å². The van der Waals surface area contributed by atoms with Gasteiger partial charge in [-0.2, -0.15) is 9.61 Å². The molecule has 2 N–H and O–H groups in total. The van der Waals surface area contributed by atoms with Crippen molar-refractivity contribution in [2.45, 2.75) is 32.6 Å². The Morgan fingerprint density at radius 2 is 1.76 bits per heavy atom. The lowest BCUT2D eigenvalue weighted by molar-refractivity contribution is 0.0695. The van der Waals surface area contributed by atoms with E-state index in [1.807, 2.05) is 32.0 Å². The van der Waals surface area contributed by atoms with E-state index in [1.54, 1.807) is 11.0 Å². The molecule has 1 aliphatic heterocycles. The number of nitrogens with one attached hydrogen (secondary N) is 1. The van der Waals surface area contributed by atoms with Crippen LogP contribution in [0.2, 0.25) is 0 Å². The Labute approximate surface area is 211 Å². The number of carboxylic acid groups (broad SMARTS) is 1. The van der Waals surface area contributed by atoms with Crippen molar-refractivity contribution in [3.05, 3.63) is 88.2 Å². The van der Waals surface area contributed by atoms with E-state index in [0.717, 1.165) is 22.9 Å². The highest BCUT2D eigenvalue weighted by atomic mass is 19.2. The first-order chi connectivity index (χ1) is 17.7. The second-order valence-corrected chi connectivity index (χ2v) is 9.30. The first-order valence-corrected chi connectivity index (χ1v) is 11.9. The number of carboxylic acids is 1. The predicted octanol–water partition coefficient (Wildman–Crippen LogP) is 5.09. The molecule has 0 spiro atoms. The van der Waals surface area contributed by atoms with Crippen LogP contribution in [-0.2, 0) is 0 Å². The summed E-state index contributed by atoms with van der Waals surface area (Å²) in [6, 6.07) is 9.80. The number of nitrogens with zero attached hydrogens (tertiary/aromatic N) is 4. The van der Waals surface area contributed by atoms with Crippen LogP contribution in [-0.4, -0.2) is 49.6 Å². The van der Waals surface area contributed by atoms with Gasteiger partial charge in [0, 0.05) is 25.0 Å². The fourth-order valence-electron chi connectivity index (χ4n) is 4.71. The molecule has 0 bridgehead atoms. The average Bonchev–Trinajstić information content (AvgIpc) is 3.33. The summed E-state index contributed by atoms with van der Waals surface area (Å²) in [4.78, 5) is 31.3. The molecular weight excluding hydrogens is 480 g/mol. The van der Waals surface area contributed by atoms with Crippen LogP contribution in [0.3, 0.4) is 0 Å². The maximum atomic E-state index is 13.7. The largest absolute Gasteiger partial charge is 0.477 e. The van der Waals surface area contributed by atoms with Gasteiger partial charge in [0.2, 0.25) is 0 Å². The van der Waals surface area contributed by atoms with Crippen LogP contribution in [0.5, 0.6) is 0 Å². The van der Waals surface area contributed by atoms with Crippen molar-refractivity contribution in [1.82, 2.24) is 19.5 Å². The van der Waals surface area contributed by atoms with Crippen LogP contribution in [0.15, 0.2) is 48.8 Å². The molecule has 10 heteroatoms. The number of anilines is 2. The quantitative estimate of drug-likeness (QED) is 0.392. The third kappa shape index (κ3) is 4.62. The molecule has 1 amide bonds. The van der Waals surface area contributed by atoms with Gasteiger partial charge in [0.1, 0.15) is 16.9 Å². The number of carbonyl (C=O) groups excluding carboxylic acids is 1. The lowest BCUT2D eigenvalue weighted by Crippen LogP contribution is -2.38. The van der Waals surface area contributed by atoms with Crippen LogP contribution in [0, 0.1) is 25.5 Å². The number of rotatable bonds is 5. The van der Waals surface area contributed by atoms with E-state index in [9.17, 15) is 23.5 Å². The van der Waals surface area contributed by atoms with Crippen molar-refractivity contribution >= 4 is 29.0 Å². The molecule has 1 aliphatic rings. The highest BCUT2D eigenvalue weighted by Crippen LogP contribution is 2.31. The molecule has 5 rings (SSSR count). The van der Waals surface area contributed by atoms with Crippen molar-refractivity contribution in [3.63, 3.8) is 0 Å². The van der Waals surface area contributed by atoms with Gasteiger partial charge in [-0.15, -0.1) is 0 Å². The zero-order valence-corrected chi connectivity index (χ0v) is 20.3. The third-order valence-electron chi connectivity index (χ3n) is 6.83. The monoisotopic (exact) mass is 505 g/mol. The predicted molar refractivity (Wildman–Crippen MR) is 133 cm³/mol. The first-order valence-electron chi connectivity index (χ1n) is 11.9. The lowest BCUT2D eigenvalue weighted by Gasteiger charge is -2.32. The molecular formula is C27H25F2N5O3. The summed E-state index contributed by atoms with van der Waals surface area (Å²) in [5.74, 6) is -2.88. The average molecular weight is 506 g/mol. The number of hydrogen-bond acceptors (Lipinski definition) is 5. The highest BCUT2D eigenvalue weighted by Gasteiger charge is 2.29. The van der Waals surface area contributed by atoms with Gasteiger partial charge < -0.3 is 15.3 Å². The van der Waals surface area contributed by atoms with Gasteiger partial charge in [-0.25, -0.2) is 18.6 Å². The van der Waals surface area contributed by atoms with Crippen molar-refractivity contribution in [3.8, 4) is 0 Å². The number of hydrogen-bond donors (Lipinski definition) is 2. The maximum absolute atomic E-state index is 13.7. The molecule has 0 atom stereocenters. The molecule has 8 nitrogen and oxygen atoms in total. The molecule has 2 aromatic carbocycles. The smallest absolute Gasteiger partial charge is 0.341 e. The van der Waals surface area contributed by atoms with E-state index < -0.39 is 17.6 Å². The molecule has 1 saturated heterocycles. The van der Waals surface area contributed by atoms with Crippen LogP contribution in [0.1, 0.15) is 56.2 Å². The highest BCUT2D eigenvalue weighted by molar-refractivity contribution is 6.01. The minimum absolute atomic E-state index is 0.0107. The normalized spacial score (nSPS) is 14.2. The van der Waals surface area contributed by atoms with Crippen LogP contribution in [0.25, 0.3) is 5.65 Å². The van der Waals surface area contributed by atoms with Gasteiger partial charge in [0.15, 0.2) is 17.3 Å². The molecule has 2 aromatic heterocycles. The molecule has 3 heterocycles. The van der Waals surface area contributed by atoms with E-state index in [-0.39, 0.29) is 28.6 Å². The van der Waals surface area contributed by atoms with Crippen molar-refractivity contribution in [2.24, 2.45) is 0 Å². The van der Waals surface area contributed by atoms with Crippen LogP contribution >= 0.6 is 0 Å². The number of fused-ring (bicyclic) bond motifs is 1. The van der Waals surface area contributed by atoms with E-state index in [1.165, 1.54) is 23.0 Å². The number of likely N-dealkylation sites (tertiary alicyclic amines) is 1. The summed E-state index contributed by atoms with van der Waals surface area (Å²) >= 11 is 0. The summed E-state index contributed by atoms with van der Waals surface area (Å²) in [5, 5.41) is 17.0. The Hall–Kier alpha value is -4.34. The standard InChI is InChI=1S/C27H25F2N5O3/c1-15-3-4-16(2)23(11-15)32-25-19(13-30-24-20(27(36)37)14-31-34(24)25)26(35)33-9-7-17(8-10-33)18-5-6-21(28)22(29)12-18/h3-6,11-14,17,32H,7-10H2,1-2H3,(H,36,37). The van der Waals surface area contributed by atoms with Crippen molar-refractivity contribution in [2.75, 3.05) is 18.4 Å². The second-order valence-electron chi connectivity index (χ2n) is 9.30. The van der Waals surface area contributed by atoms with Gasteiger partial charge in [-0.1, -0.05) is 18.2 Å². The molecule has 0 aliphatic carbocycles. The van der Waals surface area contributed by atoms with E-state index in [4.69, 9.17) is 0 Å². The Morgan fingerprint density at radius 1 is 1.00 bits per heavy atom. The van der Waals surface area contributed by atoms with Gasteiger partial charge in [-0.05, 0) is 67.5 Å². The summed E-state index contributed by atoms with van der Waals surface area (Å²) in [7, 11) is 0. The molecule has 37 heavy (non-hydrogen) atoms. The van der Waals surface area contributed by atoms with E-state index in [2.05, 4.69) is 15.4 Å². The number of aromatic carboxylic acids is 1. The fourth-order valence-corrected chi connectivity index (χ4v) is 4.71. The van der Waals surface area contributed by atoms with Crippen molar-refractivity contribution in [1.29, 1.82) is 0 Å². The third-order valence-corrected chi connectivity index (χ3v) is 6.83. The van der Waals surface area contributed by atoms with Gasteiger partial charge in [-0.3, -0.25) is 4.79 Å². The van der Waals surface area contributed by atoms with Crippen LogP contribution in [0.4, 0.5) is 20.3 Å². The number of benzene rings is 2. The minimum atomic E-state index is -1.17. The SMILES string of the molecule is Cc1ccc(C)c(Nc2c(C(=O)N3CCC(c4ccc(F)c(F)c4)CC3)cnc3c(C(=O)O)cnn23)c1. The van der Waals surface area contributed by atoms with Crippen molar-refractivity contribution < 1.29 is 23.5 Å². The summed E-state index contributed by atoms with van der Waals surface area (Å²) in [6.07, 6.45) is 3.77. The minimum Gasteiger partial charge on any atom is -0.477 e. The Balaban J connectivity index is 1.47. The van der Waals surface area contributed by atoms with E-state index >= 15 is 0 Å². The van der Waals surface area contributed by atoms with E-state index in [0.29, 0.717) is 37.3 Å².